The molecule has 0 aromatic heterocycles. The normalized spacial score (nSPS) is 11.3. The first-order valence-corrected chi connectivity index (χ1v) is 22.8. The Morgan fingerprint density at radius 3 is 0.864 bits per heavy atom. The van der Waals surface area contributed by atoms with Gasteiger partial charge >= 0.3 is 0 Å². The Balaban J connectivity index is 1.08. The molecular formula is C66H44. The zero-order chi connectivity index (χ0) is 43.8. The van der Waals surface area contributed by atoms with Crippen molar-refractivity contribution in [1.82, 2.24) is 0 Å². The van der Waals surface area contributed by atoms with E-state index in [1.165, 1.54) is 115 Å². The van der Waals surface area contributed by atoms with Crippen molar-refractivity contribution < 1.29 is 0 Å². The van der Waals surface area contributed by atoms with Crippen molar-refractivity contribution in [3.8, 4) is 55.6 Å². The van der Waals surface area contributed by atoms with Gasteiger partial charge in [-0.2, -0.15) is 0 Å². The molecule has 0 unspecified atom stereocenters. The fourth-order valence-electron chi connectivity index (χ4n) is 10.3. The maximum absolute atomic E-state index is 2.39. The van der Waals surface area contributed by atoms with Crippen LogP contribution in [0.25, 0.3) is 110 Å². The average Bonchev–Trinajstić information content (AvgIpc) is 3.40. The summed E-state index contributed by atoms with van der Waals surface area (Å²) < 4.78 is 0. The van der Waals surface area contributed by atoms with E-state index < -0.39 is 0 Å². The SMILES string of the molecule is C(=C(c1ccccc1)c1ccccc1)c1ccc(-c2c3ccccc3c(-c3c4ccccc4c(-c4cc(-c5ccccc5)cc(-c5ccccc5)c4)c4ccccc34)c3ccccc23)cc1. The molecule has 0 nitrogen and oxygen atoms in total. The molecule has 0 atom stereocenters. The molecule has 66 heavy (non-hydrogen) atoms. The van der Waals surface area contributed by atoms with Crippen LogP contribution in [0.1, 0.15) is 16.7 Å². The second-order valence-corrected chi connectivity index (χ2v) is 17.1. The van der Waals surface area contributed by atoms with Gasteiger partial charge < -0.3 is 0 Å². The lowest BCUT2D eigenvalue weighted by atomic mass is 9.80. The molecule has 0 aliphatic heterocycles. The van der Waals surface area contributed by atoms with Crippen molar-refractivity contribution >= 4 is 54.7 Å². The average molecular weight is 837 g/mol. The number of hydrogen-bond donors (Lipinski definition) is 0. The Bertz CT molecular complexity index is 3540. The molecule has 0 aliphatic rings. The third-order valence-corrected chi connectivity index (χ3v) is 13.2. The molecule has 0 bridgehead atoms. The van der Waals surface area contributed by atoms with Crippen molar-refractivity contribution in [2.24, 2.45) is 0 Å². The van der Waals surface area contributed by atoms with Crippen LogP contribution in [0.3, 0.4) is 0 Å². The standard InChI is InChI=1S/C66H44/c1-5-21-46(22-6-1)51-42-52(47-23-7-2-8-24-47)44-53(43-51)64-56-31-15-19-35-60(56)66(61-36-20-16-32-57(61)64)65-58-33-17-13-29-54(58)63(55-30-14-18-34-59(55)65)50-39-37-45(38-40-50)41-62(48-25-9-3-10-26-48)49-27-11-4-12-28-49/h1-44H. The minimum absolute atomic E-state index is 1.16. The molecule has 0 saturated carbocycles. The van der Waals surface area contributed by atoms with Crippen molar-refractivity contribution in [1.29, 1.82) is 0 Å². The molecule has 308 valence electrons. The highest BCUT2D eigenvalue weighted by molar-refractivity contribution is 6.30. The third-order valence-electron chi connectivity index (χ3n) is 13.2. The molecule has 0 heteroatoms. The van der Waals surface area contributed by atoms with Crippen LogP contribution in [0, 0.1) is 0 Å². The fraction of sp³-hybridized carbons (Fsp3) is 0. The van der Waals surface area contributed by atoms with Crippen LogP contribution in [-0.4, -0.2) is 0 Å². The van der Waals surface area contributed by atoms with Gasteiger partial charge in [-0.3, -0.25) is 0 Å². The van der Waals surface area contributed by atoms with E-state index in [1.54, 1.807) is 0 Å². The van der Waals surface area contributed by atoms with E-state index in [4.69, 9.17) is 0 Å². The number of hydrogen-bond acceptors (Lipinski definition) is 0. The molecular weight excluding hydrogens is 793 g/mol. The molecule has 0 saturated heterocycles. The van der Waals surface area contributed by atoms with Crippen molar-refractivity contribution in [2.75, 3.05) is 0 Å². The number of rotatable bonds is 8. The summed E-state index contributed by atoms with van der Waals surface area (Å²) >= 11 is 0. The number of fused-ring (bicyclic) bond motifs is 4. The lowest BCUT2D eigenvalue weighted by Crippen LogP contribution is -1.95. The summed E-state index contributed by atoms with van der Waals surface area (Å²) in [7, 11) is 0. The molecule has 0 fully saturated rings. The van der Waals surface area contributed by atoms with Crippen LogP contribution in [0.4, 0.5) is 0 Å². The van der Waals surface area contributed by atoms with Crippen molar-refractivity contribution in [3.63, 3.8) is 0 Å². The van der Waals surface area contributed by atoms with Gasteiger partial charge in [0.2, 0.25) is 0 Å². The maximum atomic E-state index is 2.39. The van der Waals surface area contributed by atoms with E-state index in [2.05, 4.69) is 267 Å². The van der Waals surface area contributed by atoms with Gasteiger partial charge in [-0.1, -0.05) is 243 Å². The van der Waals surface area contributed by atoms with Crippen molar-refractivity contribution in [2.45, 2.75) is 0 Å². The van der Waals surface area contributed by atoms with E-state index in [-0.39, 0.29) is 0 Å². The van der Waals surface area contributed by atoms with Crippen LogP contribution >= 0.6 is 0 Å². The zero-order valence-corrected chi connectivity index (χ0v) is 36.4. The summed E-state index contributed by atoms with van der Waals surface area (Å²) in [5.74, 6) is 0. The topological polar surface area (TPSA) is 0 Å². The van der Waals surface area contributed by atoms with E-state index in [0.717, 1.165) is 5.56 Å². The predicted molar refractivity (Wildman–Crippen MR) is 284 cm³/mol. The third kappa shape index (κ3) is 6.97. The van der Waals surface area contributed by atoms with E-state index in [9.17, 15) is 0 Å². The molecule has 12 aromatic rings. The van der Waals surface area contributed by atoms with Crippen LogP contribution in [-0.2, 0) is 0 Å². The Morgan fingerprint density at radius 1 is 0.212 bits per heavy atom. The molecule has 0 N–H and O–H groups in total. The second-order valence-electron chi connectivity index (χ2n) is 17.1. The van der Waals surface area contributed by atoms with E-state index in [0.29, 0.717) is 0 Å². The van der Waals surface area contributed by atoms with Gasteiger partial charge in [-0.05, 0) is 145 Å². The molecule has 0 heterocycles. The molecule has 0 radical (unpaired) electrons. The summed E-state index contributed by atoms with van der Waals surface area (Å²) in [6.45, 7) is 0. The van der Waals surface area contributed by atoms with Gasteiger partial charge in [0.15, 0.2) is 0 Å². The monoisotopic (exact) mass is 836 g/mol. The predicted octanol–water partition coefficient (Wildman–Crippen LogP) is 18.2. The lowest BCUT2D eigenvalue weighted by Gasteiger charge is -2.22. The minimum atomic E-state index is 1.16. The van der Waals surface area contributed by atoms with Crippen LogP contribution < -0.4 is 0 Å². The summed E-state index contributed by atoms with van der Waals surface area (Å²) in [5.41, 5.74) is 17.0. The Hall–Kier alpha value is -8.58. The largest absolute Gasteiger partial charge is 0.0622 e. The van der Waals surface area contributed by atoms with Gasteiger partial charge in [-0.15, -0.1) is 0 Å². The molecule has 12 aromatic carbocycles. The second kappa shape index (κ2) is 16.8. The quantitative estimate of drug-likeness (QED) is 0.106. The minimum Gasteiger partial charge on any atom is -0.0622 e. The fourth-order valence-corrected chi connectivity index (χ4v) is 10.3. The smallest absolute Gasteiger partial charge is 0.00139 e. The van der Waals surface area contributed by atoms with Gasteiger partial charge in [0.1, 0.15) is 0 Å². The first-order chi connectivity index (χ1) is 32.8. The van der Waals surface area contributed by atoms with Crippen LogP contribution in [0.2, 0.25) is 0 Å². The van der Waals surface area contributed by atoms with Crippen molar-refractivity contribution in [3.05, 3.63) is 278 Å². The summed E-state index contributed by atoms with van der Waals surface area (Å²) in [4.78, 5) is 0. The summed E-state index contributed by atoms with van der Waals surface area (Å²) in [6.07, 6.45) is 2.31. The highest BCUT2D eigenvalue weighted by Crippen LogP contribution is 2.50. The first-order valence-electron chi connectivity index (χ1n) is 22.8. The Labute approximate surface area is 386 Å². The summed E-state index contributed by atoms with van der Waals surface area (Å²) in [5, 5.41) is 9.92. The van der Waals surface area contributed by atoms with Gasteiger partial charge in [0.25, 0.3) is 0 Å². The van der Waals surface area contributed by atoms with Gasteiger partial charge in [0, 0.05) is 0 Å². The summed E-state index contributed by atoms with van der Waals surface area (Å²) in [6, 6.07) is 95.4. The highest BCUT2D eigenvalue weighted by atomic mass is 14.3. The molecule has 0 spiro atoms. The Kier molecular flexibility index (Phi) is 9.97. The highest BCUT2D eigenvalue weighted by Gasteiger charge is 2.23. The lowest BCUT2D eigenvalue weighted by molar-refractivity contribution is 1.55. The van der Waals surface area contributed by atoms with Gasteiger partial charge in [-0.25, -0.2) is 0 Å². The first kappa shape index (κ1) is 39.0. The van der Waals surface area contributed by atoms with Crippen LogP contribution in [0.5, 0.6) is 0 Å². The Morgan fingerprint density at radius 2 is 0.500 bits per heavy atom. The zero-order valence-electron chi connectivity index (χ0n) is 36.4. The maximum Gasteiger partial charge on any atom is -0.00139 e. The molecule has 0 amide bonds. The van der Waals surface area contributed by atoms with Crippen LogP contribution in [0.15, 0.2) is 261 Å². The van der Waals surface area contributed by atoms with E-state index in [1.807, 2.05) is 0 Å². The van der Waals surface area contributed by atoms with Gasteiger partial charge in [0.05, 0.1) is 0 Å². The number of benzene rings is 12. The molecule has 0 aliphatic carbocycles. The molecule has 12 rings (SSSR count). The van der Waals surface area contributed by atoms with E-state index >= 15 is 0 Å².